The number of para-hydroxylation sites is 1. The number of halogens is 1. The fraction of sp³-hybridized carbons (Fsp3) is 0.500. The maximum atomic E-state index is 6.12. The second kappa shape index (κ2) is 4.42. The molecule has 15 heavy (non-hydrogen) atoms. The van der Waals surface area contributed by atoms with E-state index in [-0.39, 0.29) is 0 Å². The lowest BCUT2D eigenvalue weighted by atomic mass is 9.91. The minimum absolute atomic E-state index is 0.567. The van der Waals surface area contributed by atoms with Crippen LogP contribution in [0.2, 0.25) is 5.02 Å². The minimum atomic E-state index is 0.567. The van der Waals surface area contributed by atoms with E-state index < -0.39 is 0 Å². The molecule has 82 valence electrons. The summed E-state index contributed by atoms with van der Waals surface area (Å²) in [7, 11) is 0. The van der Waals surface area contributed by atoms with E-state index in [4.69, 9.17) is 17.3 Å². The van der Waals surface area contributed by atoms with Gasteiger partial charge in [0, 0.05) is 12.5 Å². The summed E-state index contributed by atoms with van der Waals surface area (Å²) in [5.74, 6) is 1.14. The molecule has 1 aromatic carbocycles. The van der Waals surface area contributed by atoms with Crippen LogP contribution in [0.1, 0.15) is 24.8 Å². The molecule has 3 heteroatoms. The fourth-order valence-corrected chi connectivity index (χ4v) is 2.44. The van der Waals surface area contributed by atoms with E-state index in [1.807, 2.05) is 12.1 Å². The molecule has 1 aliphatic heterocycles. The number of fused-ring (bicyclic) bond motifs is 1. The Hall–Kier alpha value is -0.730. The van der Waals surface area contributed by atoms with Gasteiger partial charge in [-0.15, -0.1) is 0 Å². The van der Waals surface area contributed by atoms with Gasteiger partial charge in [0.15, 0.2) is 0 Å². The van der Waals surface area contributed by atoms with Gasteiger partial charge in [-0.3, -0.25) is 0 Å². The molecule has 0 amide bonds. The first kappa shape index (κ1) is 10.8. The first-order valence-corrected chi connectivity index (χ1v) is 5.82. The van der Waals surface area contributed by atoms with E-state index >= 15 is 0 Å². The summed E-state index contributed by atoms with van der Waals surface area (Å²) in [6.45, 7) is 3.94. The summed E-state index contributed by atoms with van der Waals surface area (Å²) >= 11 is 6.12. The van der Waals surface area contributed by atoms with Crippen molar-refractivity contribution in [3.05, 3.63) is 28.8 Å². The molecular formula is C12H17ClN2. The lowest BCUT2D eigenvalue weighted by Gasteiger charge is -2.14. The predicted molar refractivity (Wildman–Crippen MR) is 65.5 cm³/mol. The van der Waals surface area contributed by atoms with Crippen molar-refractivity contribution in [2.75, 3.05) is 18.4 Å². The molecule has 2 nitrogen and oxygen atoms in total. The van der Waals surface area contributed by atoms with Crippen LogP contribution in [-0.2, 0) is 0 Å². The SMILES string of the molecule is CC(CN)CC1CNc2c(Cl)cccc21. The maximum absolute atomic E-state index is 6.12. The van der Waals surface area contributed by atoms with Crippen molar-refractivity contribution < 1.29 is 0 Å². The van der Waals surface area contributed by atoms with Crippen LogP contribution in [0.3, 0.4) is 0 Å². The fourth-order valence-electron chi connectivity index (χ4n) is 2.19. The summed E-state index contributed by atoms with van der Waals surface area (Å²) in [5.41, 5.74) is 8.12. The average molecular weight is 225 g/mol. The van der Waals surface area contributed by atoms with Crippen molar-refractivity contribution in [2.45, 2.75) is 19.3 Å². The van der Waals surface area contributed by atoms with Crippen molar-refractivity contribution in [2.24, 2.45) is 11.7 Å². The highest BCUT2D eigenvalue weighted by atomic mass is 35.5. The Balaban J connectivity index is 2.18. The highest BCUT2D eigenvalue weighted by Gasteiger charge is 2.24. The third kappa shape index (κ3) is 2.11. The molecule has 2 unspecified atom stereocenters. The summed E-state index contributed by atoms with van der Waals surface area (Å²) in [6, 6.07) is 6.12. The maximum Gasteiger partial charge on any atom is 0.0640 e. The van der Waals surface area contributed by atoms with Crippen LogP contribution in [0, 0.1) is 5.92 Å². The normalized spacial score (nSPS) is 20.9. The summed E-state index contributed by atoms with van der Waals surface area (Å²) in [6.07, 6.45) is 1.14. The Labute approximate surface area is 95.8 Å². The van der Waals surface area contributed by atoms with Gasteiger partial charge < -0.3 is 11.1 Å². The average Bonchev–Trinajstić information content (AvgIpc) is 2.63. The molecule has 1 aromatic rings. The molecule has 0 bridgehead atoms. The van der Waals surface area contributed by atoms with E-state index in [9.17, 15) is 0 Å². The van der Waals surface area contributed by atoms with Crippen LogP contribution in [0.15, 0.2) is 18.2 Å². The Morgan fingerprint density at radius 3 is 3.13 bits per heavy atom. The Morgan fingerprint density at radius 2 is 2.40 bits per heavy atom. The molecule has 0 radical (unpaired) electrons. The third-order valence-corrected chi connectivity index (χ3v) is 3.42. The van der Waals surface area contributed by atoms with Gasteiger partial charge in [-0.1, -0.05) is 30.7 Å². The van der Waals surface area contributed by atoms with Crippen molar-refractivity contribution in [3.63, 3.8) is 0 Å². The molecule has 2 rings (SSSR count). The van der Waals surface area contributed by atoms with Gasteiger partial charge >= 0.3 is 0 Å². The first-order chi connectivity index (χ1) is 7.22. The number of benzene rings is 1. The number of nitrogens with one attached hydrogen (secondary N) is 1. The first-order valence-electron chi connectivity index (χ1n) is 5.44. The zero-order valence-electron chi connectivity index (χ0n) is 8.96. The van der Waals surface area contributed by atoms with Gasteiger partial charge in [0.2, 0.25) is 0 Å². The quantitative estimate of drug-likeness (QED) is 0.829. The second-order valence-corrected chi connectivity index (χ2v) is 4.77. The Morgan fingerprint density at radius 1 is 1.60 bits per heavy atom. The molecule has 3 N–H and O–H groups in total. The van der Waals surface area contributed by atoms with E-state index in [2.05, 4.69) is 18.3 Å². The number of anilines is 1. The van der Waals surface area contributed by atoms with Crippen molar-refractivity contribution in [3.8, 4) is 0 Å². The lowest BCUT2D eigenvalue weighted by Crippen LogP contribution is -2.15. The minimum Gasteiger partial charge on any atom is -0.383 e. The molecule has 1 aliphatic rings. The molecule has 0 aromatic heterocycles. The summed E-state index contributed by atoms with van der Waals surface area (Å²) in [4.78, 5) is 0. The smallest absolute Gasteiger partial charge is 0.0640 e. The second-order valence-electron chi connectivity index (χ2n) is 4.36. The zero-order chi connectivity index (χ0) is 10.8. The number of nitrogens with two attached hydrogens (primary N) is 1. The van der Waals surface area contributed by atoms with Crippen LogP contribution < -0.4 is 11.1 Å². The molecule has 0 saturated carbocycles. The highest BCUT2D eigenvalue weighted by molar-refractivity contribution is 6.33. The summed E-state index contributed by atoms with van der Waals surface area (Å²) in [5, 5.41) is 4.20. The molecule has 2 atom stereocenters. The lowest BCUT2D eigenvalue weighted by molar-refractivity contribution is 0.493. The molecule has 0 fully saturated rings. The summed E-state index contributed by atoms with van der Waals surface area (Å²) < 4.78 is 0. The topological polar surface area (TPSA) is 38.0 Å². The Kier molecular flexibility index (Phi) is 3.17. The van der Waals surface area contributed by atoms with Gasteiger partial charge in [-0.2, -0.15) is 0 Å². The number of hydrogen-bond donors (Lipinski definition) is 2. The van der Waals surface area contributed by atoms with Crippen LogP contribution in [0.4, 0.5) is 5.69 Å². The highest BCUT2D eigenvalue weighted by Crippen LogP contribution is 2.39. The standard InChI is InChI=1S/C12H17ClN2/c1-8(6-14)5-9-7-15-12-10(9)3-2-4-11(12)13/h2-4,8-9,15H,5-7,14H2,1H3. The third-order valence-electron chi connectivity index (χ3n) is 3.10. The molecular weight excluding hydrogens is 208 g/mol. The van der Waals surface area contributed by atoms with E-state index in [1.54, 1.807) is 0 Å². The van der Waals surface area contributed by atoms with Crippen LogP contribution in [0.25, 0.3) is 0 Å². The number of rotatable bonds is 3. The van der Waals surface area contributed by atoms with E-state index in [0.717, 1.165) is 30.2 Å². The zero-order valence-corrected chi connectivity index (χ0v) is 9.72. The largest absolute Gasteiger partial charge is 0.383 e. The van der Waals surface area contributed by atoms with Crippen LogP contribution in [0.5, 0.6) is 0 Å². The van der Waals surface area contributed by atoms with E-state index in [0.29, 0.717) is 11.8 Å². The van der Waals surface area contributed by atoms with Gasteiger partial charge in [0.05, 0.1) is 10.7 Å². The van der Waals surface area contributed by atoms with E-state index in [1.165, 1.54) is 5.56 Å². The molecule has 0 aliphatic carbocycles. The van der Waals surface area contributed by atoms with Crippen molar-refractivity contribution >= 4 is 17.3 Å². The Bertz CT molecular complexity index is 351. The van der Waals surface area contributed by atoms with Crippen LogP contribution in [-0.4, -0.2) is 13.1 Å². The van der Waals surface area contributed by atoms with Gasteiger partial charge in [-0.25, -0.2) is 0 Å². The van der Waals surface area contributed by atoms with Crippen LogP contribution >= 0.6 is 11.6 Å². The molecule has 1 heterocycles. The van der Waals surface area contributed by atoms with Crippen molar-refractivity contribution in [1.82, 2.24) is 0 Å². The molecule has 0 saturated heterocycles. The van der Waals surface area contributed by atoms with Gasteiger partial charge in [-0.05, 0) is 30.5 Å². The molecule has 0 spiro atoms. The monoisotopic (exact) mass is 224 g/mol. The number of hydrogen-bond acceptors (Lipinski definition) is 2. The van der Waals surface area contributed by atoms with Gasteiger partial charge in [0.25, 0.3) is 0 Å². The van der Waals surface area contributed by atoms with Gasteiger partial charge in [0.1, 0.15) is 0 Å². The predicted octanol–water partition coefficient (Wildman–Crippen LogP) is 2.83. The van der Waals surface area contributed by atoms with Crippen molar-refractivity contribution in [1.29, 1.82) is 0 Å².